The minimum Gasteiger partial charge on any atom is -0.493 e. The molecule has 1 saturated carbocycles. The number of methoxy groups -OCH3 is 2. The molecule has 4 aromatic rings. The van der Waals surface area contributed by atoms with Gasteiger partial charge in [-0.05, 0) is 71.6 Å². The first-order valence-electron chi connectivity index (χ1n) is 15.9. The normalized spacial score (nSPS) is 12.9. The van der Waals surface area contributed by atoms with E-state index in [1.807, 2.05) is 41.4 Å². The van der Waals surface area contributed by atoms with Gasteiger partial charge in [0.25, 0.3) is 0 Å². The summed E-state index contributed by atoms with van der Waals surface area (Å²) in [5.74, 6) is 1.65. The number of nitrogens with one attached hydrogen (secondary N) is 2. The number of rotatable bonds is 13. The summed E-state index contributed by atoms with van der Waals surface area (Å²) in [7, 11) is 3.21. The van der Waals surface area contributed by atoms with Crippen molar-refractivity contribution in [3.8, 4) is 11.5 Å². The molecule has 2 N–H and O–H groups in total. The van der Waals surface area contributed by atoms with Gasteiger partial charge in [-0.1, -0.05) is 70.2 Å². The van der Waals surface area contributed by atoms with Crippen molar-refractivity contribution in [1.29, 1.82) is 0 Å². The van der Waals surface area contributed by atoms with E-state index in [-0.39, 0.29) is 36.4 Å². The summed E-state index contributed by atoms with van der Waals surface area (Å²) in [6.45, 7) is 9.44. The second-order valence-electron chi connectivity index (χ2n) is 12.5. The molecular formula is C37H46N4O4. The van der Waals surface area contributed by atoms with E-state index in [1.54, 1.807) is 19.1 Å². The summed E-state index contributed by atoms with van der Waals surface area (Å²) in [4.78, 5) is 35.0. The predicted molar refractivity (Wildman–Crippen MR) is 180 cm³/mol. The van der Waals surface area contributed by atoms with E-state index in [0.29, 0.717) is 31.0 Å². The lowest BCUT2D eigenvalue weighted by atomic mass is 9.93. The zero-order valence-electron chi connectivity index (χ0n) is 27.4. The van der Waals surface area contributed by atoms with Gasteiger partial charge in [0.1, 0.15) is 6.54 Å². The predicted octanol–water partition coefficient (Wildman–Crippen LogP) is 7.70. The number of fused-ring (bicyclic) bond motifs is 1. The van der Waals surface area contributed by atoms with Crippen molar-refractivity contribution in [2.45, 2.75) is 71.4 Å². The maximum absolute atomic E-state index is 14.1. The summed E-state index contributed by atoms with van der Waals surface area (Å²) < 4.78 is 11.0. The Morgan fingerprint density at radius 3 is 2.24 bits per heavy atom. The van der Waals surface area contributed by atoms with E-state index < -0.39 is 0 Å². The van der Waals surface area contributed by atoms with Crippen molar-refractivity contribution >= 4 is 28.5 Å². The standard InChI is InChI=1S/C37H46N4O4/c1-24(2)29-11-9-12-30(25(3)4)36(29)39-37(43)41(28-15-16-28)23-35(42)40(22-26-14-17-33(44-5)34(20-26)45-6)19-18-27-21-38-32-13-8-7-10-31(27)32/h7-14,17,20-21,24-25,28,38H,15-16,18-19,22-23H2,1-6H3,(H,39,43). The van der Waals surface area contributed by atoms with Gasteiger partial charge in [0, 0.05) is 41.9 Å². The lowest BCUT2D eigenvalue weighted by Gasteiger charge is -2.29. The highest BCUT2D eigenvalue weighted by Gasteiger charge is 2.35. The largest absolute Gasteiger partial charge is 0.493 e. The van der Waals surface area contributed by atoms with E-state index in [0.717, 1.165) is 51.7 Å². The van der Waals surface area contributed by atoms with Crippen molar-refractivity contribution in [2.75, 3.05) is 32.6 Å². The smallest absolute Gasteiger partial charge is 0.322 e. The van der Waals surface area contributed by atoms with Crippen molar-refractivity contribution in [3.05, 3.63) is 89.1 Å². The minimum atomic E-state index is -0.219. The molecule has 8 heteroatoms. The molecule has 0 atom stereocenters. The van der Waals surface area contributed by atoms with Crippen LogP contribution in [0.4, 0.5) is 10.5 Å². The van der Waals surface area contributed by atoms with E-state index in [4.69, 9.17) is 9.47 Å². The summed E-state index contributed by atoms with van der Waals surface area (Å²) in [5.41, 5.74) is 6.22. The Bertz CT molecular complexity index is 1610. The zero-order valence-corrected chi connectivity index (χ0v) is 27.4. The molecule has 0 unspecified atom stereocenters. The Morgan fingerprint density at radius 1 is 0.911 bits per heavy atom. The third kappa shape index (κ3) is 7.44. The number of urea groups is 1. The lowest BCUT2D eigenvalue weighted by molar-refractivity contribution is -0.132. The second-order valence-corrected chi connectivity index (χ2v) is 12.5. The van der Waals surface area contributed by atoms with Crippen LogP contribution in [0, 0.1) is 0 Å². The lowest BCUT2D eigenvalue weighted by Crippen LogP contribution is -2.46. The third-order valence-corrected chi connectivity index (χ3v) is 8.66. The maximum Gasteiger partial charge on any atom is 0.322 e. The van der Waals surface area contributed by atoms with Crippen molar-refractivity contribution in [2.24, 2.45) is 0 Å². The van der Waals surface area contributed by atoms with Crippen molar-refractivity contribution in [1.82, 2.24) is 14.8 Å². The SMILES string of the molecule is COc1ccc(CN(CCc2c[nH]c3ccccc23)C(=O)CN(C(=O)Nc2c(C(C)C)cccc2C(C)C)C2CC2)cc1OC. The fourth-order valence-electron chi connectivity index (χ4n) is 5.96. The molecule has 0 aliphatic heterocycles. The molecule has 8 nitrogen and oxygen atoms in total. The second kappa shape index (κ2) is 14.1. The fraction of sp³-hybridized carbons (Fsp3) is 0.405. The molecule has 1 fully saturated rings. The Balaban J connectivity index is 1.39. The van der Waals surface area contributed by atoms with Crippen LogP contribution >= 0.6 is 0 Å². The highest BCUT2D eigenvalue weighted by molar-refractivity contribution is 5.94. The summed E-state index contributed by atoms with van der Waals surface area (Å²) >= 11 is 0. The highest BCUT2D eigenvalue weighted by Crippen LogP contribution is 2.34. The van der Waals surface area contributed by atoms with Crippen molar-refractivity contribution < 1.29 is 19.1 Å². The van der Waals surface area contributed by atoms with Crippen LogP contribution in [-0.4, -0.2) is 60.1 Å². The first kappa shape index (κ1) is 31.9. The molecule has 45 heavy (non-hydrogen) atoms. The quantitative estimate of drug-likeness (QED) is 0.162. The molecule has 5 rings (SSSR count). The van der Waals surface area contributed by atoms with Crippen molar-refractivity contribution in [3.63, 3.8) is 0 Å². The number of ether oxygens (including phenoxy) is 2. The Hall–Kier alpha value is -4.46. The topological polar surface area (TPSA) is 86.9 Å². The maximum atomic E-state index is 14.1. The highest BCUT2D eigenvalue weighted by atomic mass is 16.5. The minimum absolute atomic E-state index is 0.0124. The molecule has 1 aliphatic carbocycles. The number of carbonyl (C=O) groups is 2. The van der Waals surface area contributed by atoms with Gasteiger partial charge in [-0.2, -0.15) is 0 Å². The number of aromatic amines is 1. The number of H-pyrrole nitrogens is 1. The van der Waals surface area contributed by atoms with Gasteiger partial charge < -0.3 is 29.6 Å². The number of benzene rings is 3. The third-order valence-electron chi connectivity index (χ3n) is 8.66. The molecule has 0 radical (unpaired) electrons. The summed E-state index contributed by atoms with van der Waals surface area (Å²) in [6, 6.07) is 20.0. The monoisotopic (exact) mass is 610 g/mol. The van der Waals surface area contributed by atoms with E-state index in [9.17, 15) is 9.59 Å². The van der Waals surface area contributed by atoms with Crippen LogP contribution in [-0.2, 0) is 17.8 Å². The number of para-hydroxylation sites is 2. The molecule has 238 valence electrons. The first-order chi connectivity index (χ1) is 21.7. The molecule has 3 aromatic carbocycles. The molecule has 3 amide bonds. The number of carbonyl (C=O) groups excluding carboxylic acids is 2. The van der Waals surface area contributed by atoms with E-state index in [1.165, 1.54) is 0 Å². The van der Waals surface area contributed by atoms with Gasteiger partial charge in [-0.25, -0.2) is 4.79 Å². The van der Waals surface area contributed by atoms with Crippen LogP contribution in [0.2, 0.25) is 0 Å². The van der Waals surface area contributed by atoms with Gasteiger partial charge in [0.2, 0.25) is 5.91 Å². The van der Waals surface area contributed by atoms with Crippen LogP contribution in [0.1, 0.15) is 74.6 Å². The van der Waals surface area contributed by atoms with Crippen LogP contribution in [0.5, 0.6) is 11.5 Å². The van der Waals surface area contributed by atoms with Crippen LogP contribution < -0.4 is 14.8 Å². The van der Waals surface area contributed by atoms with Crippen LogP contribution in [0.25, 0.3) is 10.9 Å². The van der Waals surface area contributed by atoms with E-state index in [2.05, 4.69) is 68.3 Å². The molecule has 1 heterocycles. The van der Waals surface area contributed by atoms with Gasteiger partial charge >= 0.3 is 6.03 Å². The molecule has 0 spiro atoms. The number of hydrogen-bond donors (Lipinski definition) is 2. The Labute approximate surface area is 266 Å². The molecular weight excluding hydrogens is 564 g/mol. The van der Waals surface area contributed by atoms with Gasteiger partial charge in [0.15, 0.2) is 11.5 Å². The first-order valence-corrected chi connectivity index (χ1v) is 15.9. The number of anilines is 1. The zero-order chi connectivity index (χ0) is 32.1. The molecule has 1 aliphatic rings. The molecule has 0 saturated heterocycles. The summed E-state index contributed by atoms with van der Waals surface area (Å²) in [6.07, 6.45) is 4.49. The Kier molecular flexibility index (Phi) is 10.0. The summed E-state index contributed by atoms with van der Waals surface area (Å²) in [5, 5.41) is 4.39. The van der Waals surface area contributed by atoms with Gasteiger partial charge in [-0.15, -0.1) is 0 Å². The number of aromatic nitrogens is 1. The number of hydrogen-bond acceptors (Lipinski definition) is 4. The number of nitrogens with zero attached hydrogens (tertiary/aromatic N) is 2. The van der Waals surface area contributed by atoms with Gasteiger partial charge in [-0.3, -0.25) is 4.79 Å². The van der Waals surface area contributed by atoms with Crippen LogP contribution in [0.15, 0.2) is 66.9 Å². The average Bonchev–Trinajstić information content (AvgIpc) is 3.80. The van der Waals surface area contributed by atoms with Crippen LogP contribution in [0.3, 0.4) is 0 Å². The van der Waals surface area contributed by atoms with Gasteiger partial charge in [0.05, 0.1) is 14.2 Å². The molecule has 1 aromatic heterocycles. The Morgan fingerprint density at radius 2 is 1.60 bits per heavy atom. The average molecular weight is 611 g/mol. The number of amides is 3. The fourth-order valence-corrected chi connectivity index (χ4v) is 5.96. The molecule has 0 bridgehead atoms. The van der Waals surface area contributed by atoms with E-state index >= 15 is 0 Å².